The number of hydrogen-bond acceptors (Lipinski definition) is 4. The molecular formula is C37H46N4O3. The molecule has 4 aromatic rings. The third-order valence-corrected chi connectivity index (χ3v) is 9.77. The Balaban J connectivity index is 1.16. The van der Waals surface area contributed by atoms with Gasteiger partial charge in [-0.1, -0.05) is 36.4 Å². The van der Waals surface area contributed by atoms with Crippen molar-refractivity contribution in [2.75, 3.05) is 39.8 Å². The van der Waals surface area contributed by atoms with Gasteiger partial charge in [-0.2, -0.15) is 0 Å². The Morgan fingerprint density at radius 2 is 1.59 bits per heavy atom. The fourth-order valence-electron chi connectivity index (χ4n) is 6.97. The summed E-state index contributed by atoms with van der Waals surface area (Å²) in [5.74, 6) is 1.78. The van der Waals surface area contributed by atoms with E-state index in [2.05, 4.69) is 58.0 Å². The second-order valence-electron chi connectivity index (χ2n) is 12.5. The minimum Gasteiger partial charge on any atom is -0.497 e. The molecule has 1 unspecified atom stereocenters. The van der Waals surface area contributed by atoms with Gasteiger partial charge in [0.2, 0.25) is 0 Å². The van der Waals surface area contributed by atoms with Gasteiger partial charge >= 0.3 is 5.69 Å². The lowest BCUT2D eigenvalue weighted by Gasteiger charge is -2.33. The highest BCUT2D eigenvalue weighted by Crippen LogP contribution is 2.34. The number of likely N-dealkylation sites (tertiary alicyclic amines) is 1. The first kappa shape index (κ1) is 30.2. The quantitative estimate of drug-likeness (QED) is 0.186. The highest BCUT2D eigenvalue weighted by Gasteiger charge is 2.29. The second-order valence-corrected chi connectivity index (χ2v) is 12.5. The van der Waals surface area contributed by atoms with Gasteiger partial charge in [0, 0.05) is 50.2 Å². The molecule has 0 radical (unpaired) electrons. The van der Waals surface area contributed by atoms with Crippen LogP contribution in [0.1, 0.15) is 79.4 Å². The van der Waals surface area contributed by atoms with Crippen LogP contribution in [0.25, 0.3) is 11.0 Å². The van der Waals surface area contributed by atoms with Crippen molar-refractivity contribution in [2.24, 2.45) is 5.92 Å². The van der Waals surface area contributed by atoms with Gasteiger partial charge in [0.05, 0.1) is 18.1 Å². The van der Waals surface area contributed by atoms with Crippen LogP contribution in [0.3, 0.4) is 0 Å². The molecule has 2 aliphatic rings. The van der Waals surface area contributed by atoms with Crippen LogP contribution in [0.15, 0.2) is 77.6 Å². The van der Waals surface area contributed by atoms with Crippen LogP contribution in [0.4, 0.5) is 0 Å². The second kappa shape index (κ2) is 13.4. The Kier molecular flexibility index (Phi) is 9.22. The van der Waals surface area contributed by atoms with E-state index in [0.29, 0.717) is 19.0 Å². The van der Waals surface area contributed by atoms with Gasteiger partial charge in [-0.25, -0.2) is 4.79 Å². The maximum absolute atomic E-state index is 13.6. The molecule has 44 heavy (non-hydrogen) atoms. The zero-order chi connectivity index (χ0) is 30.6. The highest BCUT2D eigenvalue weighted by atomic mass is 16.5. The van der Waals surface area contributed by atoms with Gasteiger partial charge in [0.1, 0.15) is 5.75 Å². The van der Waals surface area contributed by atoms with Crippen molar-refractivity contribution in [3.63, 3.8) is 0 Å². The maximum atomic E-state index is 13.6. The molecule has 2 fully saturated rings. The minimum absolute atomic E-state index is 0.0807. The summed E-state index contributed by atoms with van der Waals surface area (Å²) < 4.78 is 9.69. The summed E-state index contributed by atoms with van der Waals surface area (Å²) in [6.07, 6.45) is 5.38. The standard InChI is InChI=1S/C37H46N4O3/c1-4-39(5-2)36(42)29-17-15-28(16-18-29)33(30-9-8-10-32(25-30)44-3)21-24-38-22-19-31(20-23-38)41-35-12-7-6-11-34(35)40(37(41)43)26-27-13-14-27/h6-12,15-18,25,27,31,33H,4-5,13-14,19-24,26H2,1-3H3. The van der Waals surface area contributed by atoms with Gasteiger partial charge in [-0.05, 0) is 106 Å². The monoisotopic (exact) mass is 594 g/mol. The van der Waals surface area contributed by atoms with Crippen LogP contribution in [-0.4, -0.2) is 64.7 Å². The third-order valence-electron chi connectivity index (χ3n) is 9.77. The Morgan fingerprint density at radius 1 is 0.886 bits per heavy atom. The number of hydrogen-bond donors (Lipinski definition) is 0. The highest BCUT2D eigenvalue weighted by molar-refractivity contribution is 5.94. The van der Waals surface area contributed by atoms with Gasteiger partial charge in [0.15, 0.2) is 0 Å². The summed E-state index contributed by atoms with van der Waals surface area (Å²) in [6.45, 7) is 9.21. The van der Waals surface area contributed by atoms with E-state index in [4.69, 9.17) is 4.74 Å². The first-order chi connectivity index (χ1) is 21.5. The number of imidazole rings is 1. The van der Waals surface area contributed by atoms with E-state index in [1.807, 2.05) is 47.6 Å². The predicted octanol–water partition coefficient (Wildman–Crippen LogP) is 6.56. The molecule has 1 aliphatic carbocycles. The largest absolute Gasteiger partial charge is 0.497 e. The molecule has 1 saturated carbocycles. The van der Waals surface area contributed by atoms with Crippen molar-refractivity contribution in [1.82, 2.24) is 18.9 Å². The summed E-state index contributed by atoms with van der Waals surface area (Å²) >= 11 is 0. The zero-order valence-corrected chi connectivity index (χ0v) is 26.5. The number of aromatic nitrogens is 2. The van der Waals surface area contributed by atoms with E-state index in [-0.39, 0.29) is 23.6 Å². The predicted molar refractivity (Wildman–Crippen MR) is 177 cm³/mol. The van der Waals surface area contributed by atoms with E-state index in [0.717, 1.165) is 67.8 Å². The van der Waals surface area contributed by atoms with E-state index >= 15 is 0 Å². The number of rotatable bonds is 12. The molecule has 0 N–H and O–H groups in total. The molecule has 1 atom stereocenters. The van der Waals surface area contributed by atoms with E-state index in [1.165, 1.54) is 24.0 Å². The average Bonchev–Trinajstić information content (AvgIpc) is 3.85. The van der Waals surface area contributed by atoms with E-state index in [1.54, 1.807) is 7.11 Å². The Morgan fingerprint density at radius 3 is 2.25 bits per heavy atom. The summed E-state index contributed by atoms with van der Waals surface area (Å²) in [5, 5.41) is 0. The molecule has 2 heterocycles. The first-order valence-corrected chi connectivity index (χ1v) is 16.5. The van der Waals surface area contributed by atoms with E-state index < -0.39 is 0 Å². The molecule has 0 bridgehead atoms. The summed E-state index contributed by atoms with van der Waals surface area (Å²) in [6, 6.07) is 25.1. The normalized spacial score (nSPS) is 16.7. The van der Waals surface area contributed by atoms with Gasteiger partial charge in [-0.15, -0.1) is 0 Å². The number of para-hydroxylation sites is 2. The SMILES string of the molecule is CCN(CC)C(=O)c1ccc(C(CCN2CCC(n3c(=O)n(CC4CC4)c4ccccc43)CC2)c2cccc(OC)c2)cc1. The smallest absolute Gasteiger partial charge is 0.329 e. The lowest BCUT2D eigenvalue weighted by Crippen LogP contribution is -2.38. The molecule has 1 aliphatic heterocycles. The Bertz CT molecular complexity index is 1620. The van der Waals surface area contributed by atoms with Crippen molar-refractivity contribution in [3.8, 4) is 5.75 Å². The molecule has 3 aromatic carbocycles. The molecule has 7 nitrogen and oxygen atoms in total. The van der Waals surface area contributed by atoms with Gasteiger partial charge in [-0.3, -0.25) is 13.9 Å². The number of amides is 1. The van der Waals surface area contributed by atoms with Crippen molar-refractivity contribution >= 4 is 16.9 Å². The topological polar surface area (TPSA) is 59.7 Å². The van der Waals surface area contributed by atoms with E-state index in [9.17, 15) is 9.59 Å². The molecule has 7 heteroatoms. The minimum atomic E-state index is 0.0807. The van der Waals surface area contributed by atoms with Gasteiger partial charge < -0.3 is 14.5 Å². The number of piperidine rings is 1. The summed E-state index contributed by atoms with van der Waals surface area (Å²) in [7, 11) is 1.71. The number of nitrogens with zero attached hydrogens (tertiary/aromatic N) is 4. The van der Waals surface area contributed by atoms with Crippen molar-refractivity contribution < 1.29 is 9.53 Å². The lowest BCUT2D eigenvalue weighted by atomic mass is 9.87. The average molecular weight is 595 g/mol. The van der Waals surface area contributed by atoms with Crippen LogP contribution >= 0.6 is 0 Å². The van der Waals surface area contributed by atoms with Crippen LogP contribution in [0.2, 0.25) is 0 Å². The number of carbonyl (C=O) groups excluding carboxylic acids is 1. The molecular weight excluding hydrogens is 548 g/mol. The Labute approximate surface area is 261 Å². The molecule has 232 valence electrons. The van der Waals surface area contributed by atoms with Crippen LogP contribution in [0, 0.1) is 5.92 Å². The fourth-order valence-corrected chi connectivity index (χ4v) is 6.97. The summed E-state index contributed by atoms with van der Waals surface area (Å²) in [4.78, 5) is 31.0. The van der Waals surface area contributed by atoms with Gasteiger partial charge in [0.25, 0.3) is 5.91 Å². The molecule has 1 amide bonds. The fraction of sp³-hybridized carbons (Fsp3) is 0.459. The van der Waals surface area contributed by atoms with Crippen LogP contribution in [0.5, 0.6) is 5.75 Å². The molecule has 1 saturated heterocycles. The molecule has 0 spiro atoms. The molecule has 1 aromatic heterocycles. The van der Waals surface area contributed by atoms with Crippen LogP contribution < -0.4 is 10.4 Å². The molecule has 6 rings (SSSR count). The number of methoxy groups -OCH3 is 1. The number of ether oxygens (including phenoxy) is 1. The van der Waals surface area contributed by atoms with Crippen molar-refractivity contribution in [1.29, 1.82) is 0 Å². The zero-order valence-electron chi connectivity index (χ0n) is 26.5. The maximum Gasteiger partial charge on any atom is 0.329 e. The Hall–Kier alpha value is -3.84. The van der Waals surface area contributed by atoms with Crippen LogP contribution in [-0.2, 0) is 6.54 Å². The number of fused-ring (bicyclic) bond motifs is 1. The third kappa shape index (κ3) is 6.34. The lowest BCUT2D eigenvalue weighted by molar-refractivity contribution is 0.0773. The van der Waals surface area contributed by atoms with Crippen molar-refractivity contribution in [2.45, 2.75) is 64.5 Å². The number of carbonyl (C=O) groups is 1. The van der Waals surface area contributed by atoms with Crippen molar-refractivity contribution in [3.05, 3.63) is 100.0 Å². The summed E-state index contributed by atoms with van der Waals surface area (Å²) in [5.41, 5.74) is 5.49. The number of benzene rings is 3. The first-order valence-electron chi connectivity index (χ1n) is 16.5.